The highest BCUT2D eigenvalue weighted by atomic mass is 32.2. The van der Waals surface area contributed by atoms with Gasteiger partial charge >= 0.3 is 6.18 Å². The number of nitrogens with one attached hydrogen (secondary N) is 1. The first-order valence-corrected chi connectivity index (χ1v) is 10.8. The van der Waals surface area contributed by atoms with E-state index in [1.807, 2.05) is 0 Å². The van der Waals surface area contributed by atoms with Gasteiger partial charge in [0.2, 0.25) is 15.9 Å². The number of nitrogens with zero attached hydrogens (tertiary/aromatic N) is 5. The molecule has 0 radical (unpaired) electrons. The van der Waals surface area contributed by atoms with Crippen LogP contribution in [0.3, 0.4) is 0 Å². The van der Waals surface area contributed by atoms with Gasteiger partial charge in [0.25, 0.3) is 11.6 Å². The van der Waals surface area contributed by atoms with Gasteiger partial charge in [-0.25, -0.2) is 22.2 Å². The van der Waals surface area contributed by atoms with Gasteiger partial charge in [0.15, 0.2) is 0 Å². The highest BCUT2D eigenvalue weighted by molar-refractivity contribution is 7.89. The van der Waals surface area contributed by atoms with Crippen LogP contribution in [0.2, 0.25) is 0 Å². The summed E-state index contributed by atoms with van der Waals surface area (Å²) in [5.41, 5.74) is 1.47. The summed E-state index contributed by atoms with van der Waals surface area (Å²) in [6.45, 7) is 3.05. The number of rotatable bonds is 6. The third-order valence-electron chi connectivity index (χ3n) is 4.85. The molecule has 0 aliphatic carbocycles. The fourth-order valence-electron chi connectivity index (χ4n) is 3.10. The Morgan fingerprint density at radius 2 is 1.81 bits per heavy atom. The van der Waals surface area contributed by atoms with Crippen LogP contribution in [0.15, 0.2) is 29.2 Å². The Morgan fingerprint density at radius 3 is 2.44 bits per heavy atom. The lowest BCUT2D eigenvalue weighted by atomic mass is 10.1. The second-order valence-electron chi connectivity index (χ2n) is 7.25. The quantitative estimate of drug-likeness (QED) is 0.589. The van der Waals surface area contributed by atoms with Crippen LogP contribution in [-0.2, 0) is 34.0 Å². The van der Waals surface area contributed by atoms with E-state index in [4.69, 9.17) is 0 Å². The molecule has 0 atom stereocenters. The van der Waals surface area contributed by atoms with Crippen molar-refractivity contribution in [3.63, 3.8) is 0 Å². The van der Waals surface area contributed by atoms with Crippen LogP contribution in [0.5, 0.6) is 0 Å². The lowest BCUT2D eigenvalue weighted by molar-refractivity contribution is -0.144. The van der Waals surface area contributed by atoms with Gasteiger partial charge in [0.05, 0.1) is 11.3 Å². The van der Waals surface area contributed by atoms with Crippen molar-refractivity contribution < 1.29 is 26.4 Å². The fourth-order valence-corrected chi connectivity index (χ4v) is 4.21. The van der Waals surface area contributed by atoms with Crippen LogP contribution in [0.4, 0.5) is 13.2 Å². The highest BCUT2D eigenvalue weighted by Crippen LogP contribution is 2.27. The summed E-state index contributed by atoms with van der Waals surface area (Å²) < 4.78 is 65.8. The number of carbonyl (C=O) groups excluding carboxylic acids is 1. The molecular formula is C19H21F3N6O3S. The summed E-state index contributed by atoms with van der Waals surface area (Å²) in [5.74, 6) is -1.97. The summed E-state index contributed by atoms with van der Waals surface area (Å²) >= 11 is 0. The second kappa shape index (κ2) is 8.47. The molecule has 1 N–H and O–H groups in total. The maximum Gasteiger partial charge on any atom is 0.453 e. The number of aryl methyl sites for hydroxylation is 2. The molecule has 13 heteroatoms. The number of hydrogen-bond acceptors (Lipinski definition) is 6. The Kier molecular flexibility index (Phi) is 6.24. The molecule has 172 valence electrons. The van der Waals surface area contributed by atoms with E-state index in [1.165, 1.54) is 27.1 Å². The van der Waals surface area contributed by atoms with Gasteiger partial charge in [-0.2, -0.15) is 18.2 Å². The zero-order valence-electron chi connectivity index (χ0n) is 17.7. The zero-order chi connectivity index (χ0) is 23.8. The molecule has 1 amide bonds. The van der Waals surface area contributed by atoms with Crippen molar-refractivity contribution >= 4 is 21.7 Å². The summed E-state index contributed by atoms with van der Waals surface area (Å²) in [6, 6.07) is 6.29. The second-order valence-corrected chi connectivity index (χ2v) is 9.38. The number of alkyl halides is 3. The van der Waals surface area contributed by atoms with Crippen molar-refractivity contribution in [3.05, 3.63) is 52.6 Å². The predicted octanol–water partition coefficient (Wildman–Crippen LogP) is 1.87. The Labute approximate surface area is 182 Å². The molecule has 9 nitrogen and oxygen atoms in total. The predicted molar refractivity (Wildman–Crippen MR) is 108 cm³/mol. The molecule has 3 rings (SSSR count). The van der Waals surface area contributed by atoms with E-state index in [0.717, 1.165) is 8.82 Å². The molecule has 2 heterocycles. The first-order chi connectivity index (χ1) is 14.8. The summed E-state index contributed by atoms with van der Waals surface area (Å²) in [5, 5.41) is 6.11. The number of halogens is 3. The van der Waals surface area contributed by atoms with E-state index in [-0.39, 0.29) is 23.6 Å². The molecular weight excluding hydrogens is 449 g/mol. The molecule has 0 fully saturated rings. The Morgan fingerprint density at radius 1 is 1.16 bits per heavy atom. The molecule has 0 saturated carbocycles. The summed E-state index contributed by atoms with van der Waals surface area (Å²) in [4.78, 5) is 20.1. The number of hydrogen-bond donors (Lipinski definition) is 1. The van der Waals surface area contributed by atoms with E-state index >= 15 is 0 Å². The van der Waals surface area contributed by atoms with Crippen molar-refractivity contribution in [2.75, 3.05) is 14.1 Å². The molecule has 32 heavy (non-hydrogen) atoms. The topological polar surface area (TPSA) is 110 Å². The van der Waals surface area contributed by atoms with E-state index in [0.29, 0.717) is 22.5 Å². The minimum absolute atomic E-state index is 0.0443. The van der Waals surface area contributed by atoms with Crippen molar-refractivity contribution in [2.45, 2.75) is 37.9 Å². The number of aromatic nitrogens is 4. The third-order valence-corrected chi connectivity index (χ3v) is 6.76. The molecule has 1 aromatic carbocycles. The zero-order valence-corrected chi connectivity index (χ0v) is 18.5. The van der Waals surface area contributed by atoms with E-state index < -0.39 is 27.9 Å². The number of carbonyl (C=O) groups is 1. The monoisotopic (exact) mass is 470 g/mol. The van der Waals surface area contributed by atoms with Gasteiger partial charge in [0, 0.05) is 37.6 Å². The van der Waals surface area contributed by atoms with Gasteiger partial charge in [0.1, 0.15) is 0 Å². The highest BCUT2D eigenvalue weighted by Gasteiger charge is 2.37. The Bertz CT molecular complexity index is 1290. The lowest BCUT2D eigenvalue weighted by Gasteiger charge is -2.16. The molecule has 0 bridgehead atoms. The van der Waals surface area contributed by atoms with Gasteiger partial charge in [-0.3, -0.25) is 4.79 Å². The fraction of sp³-hybridized carbons (Fsp3) is 0.368. The van der Waals surface area contributed by atoms with Crippen LogP contribution >= 0.6 is 0 Å². The number of fused-ring (bicyclic) bond motifs is 1. The van der Waals surface area contributed by atoms with Crippen molar-refractivity contribution in [3.8, 4) is 0 Å². The van der Waals surface area contributed by atoms with Crippen molar-refractivity contribution in [2.24, 2.45) is 0 Å². The summed E-state index contributed by atoms with van der Waals surface area (Å²) in [6.07, 6.45) is -4.89. The SMILES string of the molecule is Cc1nc2nc(C(F)(F)F)nn2c(C)c1CC(=O)NCc1ccccc1S(=O)(=O)N(C)C. The van der Waals surface area contributed by atoms with E-state index in [1.54, 1.807) is 25.1 Å². The molecule has 0 spiro atoms. The standard InChI is InChI=1S/C19H21F3N6O3S/c1-11-14(12(2)28-18(24-11)25-17(26-28)19(20,21)22)9-16(29)23-10-13-7-5-6-8-15(13)32(30,31)27(3)4/h5-8H,9-10H2,1-4H3,(H,23,29). The van der Waals surface area contributed by atoms with Crippen LogP contribution in [0.1, 0.15) is 28.3 Å². The van der Waals surface area contributed by atoms with Crippen LogP contribution in [-0.4, -0.2) is 52.3 Å². The van der Waals surface area contributed by atoms with Gasteiger partial charge in [-0.15, -0.1) is 5.10 Å². The maximum atomic E-state index is 12.9. The lowest BCUT2D eigenvalue weighted by Crippen LogP contribution is -2.28. The third kappa shape index (κ3) is 4.58. The largest absolute Gasteiger partial charge is 0.453 e. The first kappa shape index (κ1) is 23.6. The van der Waals surface area contributed by atoms with Gasteiger partial charge in [-0.05, 0) is 25.5 Å². The van der Waals surface area contributed by atoms with Crippen LogP contribution in [0, 0.1) is 13.8 Å². The van der Waals surface area contributed by atoms with E-state index in [2.05, 4.69) is 20.4 Å². The molecule has 0 unspecified atom stereocenters. The average molecular weight is 470 g/mol. The van der Waals surface area contributed by atoms with E-state index in [9.17, 15) is 26.4 Å². The number of amides is 1. The van der Waals surface area contributed by atoms with Crippen molar-refractivity contribution in [1.82, 2.24) is 29.2 Å². The minimum Gasteiger partial charge on any atom is -0.352 e. The molecule has 3 aromatic rings. The molecule has 2 aromatic heterocycles. The number of sulfonamides is 1. The van der Waals surface area contributed by atoms with Gasteiger partial charge in [-0.1, -0.05) is 18.2 Å². The Balaban J connectivity index is 1.82. The average Bonchev–Trinajstić information content (AvgIpc) is 3.14. The van der Waals surface area contributed by atoms with Gasteiger partial charge < -0.3 is 5.32 Å². The van der Waals surface area contributed by atoms with Crippen LogP contribution in [0.25, 0.3) is 5.78 Å². The molecule has 0 aliphatic rings. The molecule has 0 saturated heterocycles. The smallest absolute Gasteiger partial charge is 0.352 e. The minimum atomic E-state index is -4.72. The summed E-state index contributed by atoms with van der Waals surface area (Å²) in [7, 11) is -0.879. The maximum absolute atomic E-state index is 12.9. The number of benzene rings is 1. The first-order valence-electron chi connectivity index (χ1n) is 9.39. The van der Waals surface area contributed by atoms with Crippen molar-refractivity contribution in [1.29, 1.82) is 0 Å². The molecule has 0 aliphatic heterocycles. The normalized spacial score (nSPS) is 12.5. The van der Waals surface area contributed by atoms with Crippen LogP contribution < -0.4 is 5.32 Å². The Hall–Kier alpha value is -3.06.